The van der Waals surface area contributed by atoms with Gasteiger partial charge < -0.3 is 5.32 Å². The van der Waals surface area contributed by atoms with Crippen LogP contribution in [0.15, 0.2) is 36.2 Å². The zero-order valence-corrected chi connectivity index (χ0v) is 9.37. The highest BCUT2D eigenvalue weighted by Gasteiger charge is 2.10. The number of nitrogens with one attached hydrogen (secondary N) is 1. The summed E-state index contributed by atoms with van der Waals surface area (Å²) in [5.41, 5.74) is 3.16. The molecule has 1 atom stereocenters. The van der Waals surface area contributed by atoms with E-state index in [2.05, 4.69) is 15.3 Å². The van der Waals surface area contributed by atoms with Crippen molar-refractivity contribution >= 4 is 11.3 Å². The van der Waals surface area contributed by atoms with Crippen molar-refractivity contribution in [3.8, 4) is 0 Å². The summed E-state index contributed by atoms with van der Waals surface area (Å²) in [5, 5.41) is 3.30. The third-order valence-corrected chi connectivity index (χ3v) is 3.22. The maximum atomic E-state index is 4.10. The van der Waals surface area contributed by atoms with Gasteiger partial charge in [0.25, 0.3) is 0 Å². The molecule has 78 valence electrons. The molecule has 2 heterocycles. The number of aromatic nitrogens is 2. The Kier molecular flexibility index (Phi) is 3.42. The third kappa shape index (κ3) is 2.61. The third-order valence-electron chi connectivity index (χ3n) is 2.33. The van der Waals surface area contributed by atoms with Gasteiger partial charge in [-0.15, -0.1) is 11.3 Å². The standard InChI is InChI=1S/C11H13N3S/c1-12-10(11-7-14-8-15-11)6-9-2-4-13-5-3-9/h2-5,7-8,10,12H,6H2,1H3. The van der Waals surface area contributed by atoms with Gasteiger partial charge in [0, 0.05) is 29.5 Å². The number of hydrogen-bond donors (Lipinski definition) is 1. The minimum absolute atomic E-state index is 0.347. The molecule has 3 nitrogen and oxygen atoms in total. The minimum Gasteiger partial charge on any atom is -0.312 e. The van der Waals surface area contributed by atoms with Crippen LogP contribution in [0.3, 0.4) is 0 Å². The number of nitrogens with zero attached hydrogens (tertiary/aromatic N) is 2. The zero-order valence-electron chi connectivity index (χ0n) is 8.55. The molecule has 0 spiro atoms. The molecule has 0 saturated carbocycles. The molecule has 0 aliphatic rings. The molecule has 0 aromatic carbocycles. The maximum absolute atomic E-state index is 4.10. The Labute approximate surface area is 93.2 Å². The van der Waals surface area contributed by atoms with Gasteiger partial charge >= 0.3 is 0 Å². The molecule has 0 saturated heterocycles. The molecule has 0 aliphatic carbocycles. The van der Waals surface area contributed by atoms with E-state index in [0.717, 1.165) is 6.42 Å². The van der Waals surface area contributed by atoms with Gasteiger partial charge in [-0.2, -0.15) is 0 Å². The van der Waals surface area contributed by atoms with Gasteiger partial charge in [-0.3, -0.25) is 9.97 Å². The Bertz CT molecular complexity index is 385. The Hall–Kier alpha value is -1.26. The monoisotopic (exact) mass is 219 g/mol. The lowest BCUT2D eigenvalue weighted by atomic mass is 10.1. The molecule has 0 bridgehead atoms. The Morgan fingerprint density at radius 2 is 2.13 bits per heavy atom. The van der Waals surface area contributed by atoms with E-state index in [-0.39, 0.29) is 0 Å². The largest absolute Gasteiger partial charge is 0.312 e. The summed E-state index contributed by atoms with van der Waals surface area (Å²) in [7, 11) is 1.98. The van der Waals surface area contributed by atoms with Crippen LogP contribution >= 0.6 is 11.3 Å². The average molecular weight is 219 g/mol. The molecule has 0 aliphatic heterocycles. The number of hydrogen-bond acceptors (Lipinski definition) is 4. The Balaban J connectivity index is 2.10. The van der Waals surface area contributed by atoms with Crippen LogP contribution in [-0.4, -0.2) is 17.0 Å². The highest BCUT2D eigenvalue weighted by atomic mass is 32.1. The first-order valence-corrected chi connectivity index (χ1v) is 5.72. The molecular weight excluding hydrogens is 206 g/mol. The van der Waals surface area contributed by atoms with E-state index < -0.39 is 0 Å². The lowest BCUT2D eigenvalue weighted by Crippen LogP contribution is -2.17. The lowest BCUT2D eigenvalue weighted by molar-refractivity contribution is 0.600. The van der Waals surface area contributed by atoms with Crippen molar-refractivity contribution in [3.63, 3.8) is 0 Å². The fourth-order valence-corrected chi connectivity index (χ4v) is 2.23. The van der Waals surface area contributed by atoms with Crippen LogP contribution in [0.25, 0.3) is 0 Å². The summed E-state index contributed by atoms with van der Waals surface area (Å²) >= 11 is 1.69. The van der Waals surface area contributed by atoms with E-state index in [1.807, 2.05) is 43.3 Å². The predicted molar refractivity (Wildman–Crippen MR) is 61.9 cm³/mol. The highest BCUT2D eigenvalue weighted by molar-refractivity contribution is 7.09. The Morgan fingerprint density at radius 1 is 1.33 bits per heavy atom. The van der Waals surface area contributed by atoms with Crippen molar-refractivity contribution in [2.75, 3.05) is 7.05 Å². The SMILES string of the molecule is CNC(Cc1ccncc1)c1cncs1. The summed E-state index contributed by atoms with van der Waals surface area (Å²) in [6.07, 6.45) is 6.55. The summed E-state index contributed by atoms with van der Waals surface area (Å²) in [6.45, 7) is 0. The van der Waals surface area contributed by atoms with Gasteiger partial charge in [0.2, 0.25) is 0 Å². The molecule has 0 fully saturated rings. The second-order valence-corrected chi connectivity index (χ2v) is 4.22. The first-order chi connectivity index (χ1) is 7.40. The van der Waals surface area contributed by atoms with Crippen molar-refractivity contribution in [1.29, 1.82) is 0 Å². The molecule has 0 amide bonds. The summed E-state index contributed by atoms with van der Waals surface area (Å²) in [5.74, 6) is 0. The van der Waals surface area contributed by atoms with Gasteiger partial charge in [0.15, 0.2) is 0 Å². The van der Waals surface area contributed by atoms with E-state index >= 15 is 0 Å². The second-order valence-electron chi connectivity index (χ2n) is 3.30. The fourth-order valence-electron chi connectivity index (χ4n) is 1.50. The molecule has 1 N–H and O–H groups in total. The molecule has 1 unspecified atom stereocenters. The highest BCUT2D eigenvalue weighted by Crippen LogP contribution is 2.20. The predicted octanol–water partition coefficient (Wildman–Crippen LogP) is 2.04. The molecule has 2 aromatic heterocycles. The van der Waals surface area contributed by atoms with Crippen LogP contribution in [0.5, 0.6) is 0 Å². The van der Waals surface area contributed by atoms with Gasteiger partial charge in [-0.05, 0) is 31.2 Å². The lowest BCUT2D eigenvalue weighted by Gasteiger charge is -2.13. The van der Waals surface area contributed by atoms with E-state index in [9.17, 15) is 0 Å². The number of thiazole rings is 1. The van der Waals surface area contributed by atoms with Crippen LogP contribution in [0, 0.1) is 0 Å². The number of pyridine rings is 1. The van der Waals surface area contributed by atoms with Crippen LogP contribution in [0.4, 0.5) is 0 Å². The van der Waals surface area contributed by atoms with Crippen LogP contribution in [0.2, 0.25) is 0 Å². The van der Waals surface area contributed by atoms with E-state index in [4.69, 9.17) is 0 Å². The van der Waals surface area contributed by atoms with Crippen molar-refractivity contribution in [2.45, 2.75) is 12.5 Å². The first kappa shape index (κ1) is 10.3. The Morgan fingerprint density at radius 3 is 2.73 bits per heavy atom. The van der Waals surface area contributed by atoms with Gasteiger partial charge in [-0.25, -0.2) is 0 Å². The fraction of sp³-hybridized carbons (Fsp3) is 0.273. The molecule has 2 aromatic rings. The first-order valence-electron chi connectivity index (χ1n) is 4.84. The molecule has 4 heteroatoms. The molecule has 15 heavy (non-hydrogen) atoms. The summed E-state index contributed by atoms with van der Waals surface area (Å²) in [4.78, 5) is 9.38. The van der Waals surface area contributed by atoms with Crippen LogP contribution in [0.1, 0.15) is 16.5 Å². The molecular formula is C11H13N3S. The second kappa shape index (κ2) is 5.00. The summed E-state index contributed by atoms with van der Waals surface area (Å²) < 4.78 is 0. The van der Waals surface area contributed by atoms with Crippen LogP contribution < -0.4 is 5.32 Å². The van der Waals surface area contributed by atoms with Crippen LogP contribution in [-0.2, 0) is 6.42 Å². The van der Waals surface area contributed by atoms with Crippen molar-refractivity contribution in [2.24, 2.45) is 0 Å². The van der Waals surface area contributed by atoms with E-state index in [1.165, 1.54) is 10.4 Å². The van der Waals surface area contributed by atoms with Gasteiger partial charge in [0.05, 0.1) is 5.51 Å². The number of likely N-dealkylation sites (N-methyl/N-ethyl adjacent to an activating group) is 1. The summed E-state index contributed by atoms with van der Waals surface area (Å²) in [6, 6.07) is 4.44. The van der Waals surface area contributed by atoms with E-state index in [0.29, 0.717) is 6.04 Å². The van der Waals surface area contributed by atoms with E-state index in [1.54, 1.807) is 11.3 Å². The zero-order chi connectivity index (χ0) is 10.5. The van der Waals surface area contributed by atoms with Crippen molar-refractivity contribution in [3.05, 3.63) is 46.7 Å². The van der Waals surface area contributed by atoms with Gasteiger partial charge in [0.1, 0.15) is 0 Å². The van der Waals surface area contributed by atoms with Gasteiger partial charge in [-0.1, -0.05) is 0 Å². The van der Waals surface area contributed by atoms with Crippen molar-refractivity contribution < 1.29 is 0 Å². The maximum Gasteiger partial charge on any atom is 0.0794 e. The minimum atomic E-state index is 0.347. The van der Waals surface area contributed by atoms with Crippen molar-refractivity contribution in [1.82, 2.24) is 15.3 Å². The molecule has 2 rings (SSSR count). The smallest absolute Gasteiger partial charge is 0.0794 e. The topological polar surface area (TPSA) is 37.8 Å². The average Bonchev–Trinajstić information content (AvgIpc) is 2.81. The number of rotatable bonds is 4. The quantitative estimate of drug-likeness (QED) is 0.855. The normalized spacial score (nSPS) is 12.6. The molecule has 0 radical (unpaired) electrons.